The second-order valence-corrected chi connectivity index (χ2v) is 6.71. The van der Waals surface area contributed by atoms with E-state index < -0.39 is 0 Å². The zero-order valence-corrected chi connectivity index (χ0v) is 13.1. The van der Waals surface area contributed by atoms with Crippen LogP contribution in [-0.2, 0) is 4.79 Å². The Labute approximate surface area is 127 Å². The van der Waals surface area contributed by atoms with Crippen molar-refractivity contribution in [2.45, 2.75) is 38.5 Å². The predicted molar refractivity (Wildman–Crippen MR) is 88.4 cm³/mol. The van der Waals surface area contributed by atoms with E-state index in [9.17, 15) is 4.79 Å². The van der Waals surface area contributed by atoms with Crippen LogP contribution in [0.25, 0.3) is 6.08 Å². The van der Waals surface area contributed by atoms with E-state index in [1.54, 1.807) is 0 Å². The first-order chi connectivity index (χ1) is 10.1. The van der Waals surface area contributed by atoms with Gasteiger partial charge in [0, 0.05) is 25.7 Å². The molecule has 3 rings (SSSR count). The molecule has 2 fully saturated rings. The van der Waals surface area contributed by atoms with Crippen LogP contribution in [0.2, 0.25) is 0 Å². The van der Waals surface area contributed by atoms with Gasteiger partial charge in [-0.3, -0.25) is 4.79 Å². The lowest BCUT2D eigenvalue weighted by Gasteiger charge is -2.15. The number of Topliss-reactive ketones (excluding diaryl/α,β-unsaturated/α-hetero) is 1. The molecule has 112 valence electrons. The number of nitrogens with zero attached hydrogens (tertiary/aromatic N) is 1. The molecule has 0 aromatic heterocycles. The second-order valence-electron chi connectivity index (χ2n) is 6.71. The summed E-state index contributed by atoms with van der Waals surface area (Å²) in [5, 5.41) is 0. The molecule has 1 atom stereocenters. The van der Waals surface area contributed by atoms with Gasteiger partial charge in [-0.15, -0.1) is 0 Å². The van der Waals surface area contributed by atoms with Crippen LogP contribution in [-0.4, -0.2) is 19.9 Å². The summed E-state index contributed by atoms with van der Waals surface area (Å²) in [7, 11) is 4.08. The number of benzene rings is 1. The van der Waals surface area contributed by atoms with Crippen LogP contribution < -0.4 is 4.90 Å². The van der Waals surface area contributed by atoms with E-state index in [0.29, 0.717) is 17.6 Å². The average molecular weight is 283 g/mol. The molecule has 0 heterocycles. The quantitative estimate of drug-likeness (QED) is 0.771. The zero-order chi connectivity index (χ0) is 14.8. The van der Waals surface area contributed by atoms with Crippen molar-refractivity contribution in [3.05, 3.63) is 35.4 Å². The summed E-state index contributed by atoms with van der Waals surface area (Å²) in [6.07, 6.45) is 9.32. The van der Waals surface area contributed by atoms with E-state index in [2.05, 4.69) is 35.2 Å². The smallest absolute Gasteiger partial charge is 0.162 e. The second kappa shape index (κ2) is 6.05. The van der Waals surface area contributed by atoms with Crippen LogP contribution in [0.1, 0.15) is 44.1 Å². The number of hydrogen-bond donors (Lipinski definition) is 0. The van der Waals surface area contributed by atoms with Crippen LogP contribution in [0.5, 0.6) is 0 Å². The largest absolute Gasteiger partial charge is 0.378 e. The molecular weight excluding hydrogens is 258 g/mol. The SMILES string of the molecule is CN(C)c1ccc(/C=C2\CCC(C3CCCC3)C2=O)cc1. The number of carbonyl (C=O) groups excluding carboxylic acids is 1. The number of hydrogen-bond acceptors (Lipinski definition) is 2. The summed E-state index contributed by atoms with van der Waals surface area (Å²) in [6.45, 7) is 0. The number of ketones is 1. The maximum atomic E-state index is 12.6. The van der Waals surface area contributed by atoms with Gasteiger partial charge in [0.1, 0.15) is 0 Å². The number of rotatable bonds is 3. The van der Waals surface area contributed by atoms with Gasteiger partial charge in [0.2, 0.25) is 0 Å². The summed E-state index contributed by atoms with van der Waals surface area (Å²) in [4.78, 5) is 14.7. The molecule has 2 heteroatoms. The molecule has 2 aliphatic rings. The van der Waals surface area contributed by atoms with Crippen LogP contribution in [0.3, 0.4) is 0 Å². The van der Waals surface area contributed by atoms with Crippen molar-refractivity contribution in [3.63, 3.8) is 0 Å². The van der Waals surface area contributed by atoms with Crippen molar-refractivity contribution in [1.29, 1.82) is 0 Å². The Kier molecular flexibility index (Phi) is 4.14. The van der Waals surface area contributed by atoms with Crippen LogP contribution in [0.15, 0.2) is 29.8 Å². The lowest BCUT2D eigenvalue weighted by molar-refractivity contribution is -0.119. The zero-order valence-electron chi connectivity index (χ0n) is 13.1. The van der Waals surface area contributed by atoms with Gasteiger partial charge in [0.25, 0.3) is 0 Å². The highest BCUT2D eigenvalue weighted by atomic mass is 16.1. The fourth-order valence-corrected chi connectivity index (χ4v) is 3.83. The predicted octanol–water partition coefficient (Wildman–Crippen LogP) is 4.31. The molecule has 0 bridgehead atoms. The van der Waals surface area contributed by atoms with Crippen molar-refractivity contribution in [2.24, 2.45) is 11.8 Å². The van der Waals surface area contributed by atoms with E-state index in [0.717, 1.165) is 24.0 Å². The standard InChI is InChI=1S/C19H25NO/c1-20(2)17-10-7-14(8-11-17)13-16-9-12-18(19(16)21)15-5-3-4-6-15/h7-8,10-11,13,15,18H,3-6,9,12H2,1-2H3/b16-13+. The van der Waals surface area contributed by atoms with Crippen molar-refractivity contribution in [2.75, 3.05) is 19.0 Å². The van der Waals surface area contributed by atoms with E-state index in [1.807, 2.05) is 14.1 Å². The topological polar surface area (TPSA) is 20.3 Å². The third-order valence-corrected chi connectivity index (χ3v) is 5.10. The molecule has 2 nitrogen and oxygen atoms in total. The molecule has 0 saturated heterocycles. The molecule has 0 spiro atoms. The minimum absolute atomic E-state index is 0.319. The van der Waals surface area contributed by atoms with Gasteiger partial charge in [-0.1, -0.05) is 25.0 Å². The summed E-state index contributed by atoms with van der Waals surface area (Å²) in [5.41, 5.74) is 3.39. The molecule has 21 heavy (non-hydrogen) atoms. The van der Waals surface area contributed by atoms with Crippen LogP contribution >= 0.6 is 0 Å². The lowest BCUT2D eigenvalue weighted by Crippen LogP contribution is -2.16. The first-order valence-corrected chi connectivity index (χ1v) is 8.17. The van der Waals surface area contributed by atoms with Gasteiger partial charge in [-0.25, -0.2) is 0 Å². The van der Waals surface area contributed by atoms with Gasteiger partial charge in [-0.05, 0) is 60.9 Å². The molecule has 2 aliphatic carbocycles. The van der Waals surface area contributed by atoms with Gasteiger partial charge in [-0.2, -0.15) is 0 Å². The molecule has 1 aromatic carbocycles. The van der Waals surface area contributed by atoms with Crippen molar-refractivity contribution in [3.8, 4) is 0 Å². The Morgan fingerprint density at radius 2 is 1.71 bits per heavy atom. The maximum absolute atomic E-state index is 12.6. The first-order valence-electron chi connectivity index (χ1n) is 8.17. The fraction of sp³-hybridized carbons (Fsp3) is 0.526. The van der Waals surface area contributed by atoms with Crippen molar-refractivity contribution >= 4 is 17.5 Å². The van der Waals surface area contributed by atoms with Gasteiger partial charge in [0.05, 0.1) is 0 Å². The number of allylic oxidation sites excluding steroid dienone is 1. The van der Waals surface area contributed by atoms with E-state index in [-0.39, 0.29) is 0 Å². The van der Waals surface area contributed by atoms with Gasteiger partial charge in [0.15, 0.2) is 5.78 Å². The highest BCUT2D eigenvalue weighted by Crippen LogP contribution is 2.40. The minimum atomic E-state index is 0.319. The first kappa shape index (κ1) is 14.4. The van der Waals surface area contributed by atoms with Crippen molar-refractivity contribution < 1.29 is 4.79 Å². The Morgan fingerprint density at radius 3 is 2.33 bits per heavy atom. The van der Waals surface area contributed by atoms with Crippen molar-refractivity contribution in [1.82, 2.24) is 0 Å². The highest BCUT2D eigenvalue weighted by molar-refractivity contribution is 6.03. The van der Waals surface area contributed by atoms with Gasteiger partial charge >= 0.3 is 0 Å². The summed E-state index contributed by atoms with van der Waals surface area (Å²) >= 11 is 0. The monoisotopic (exact) mass is 283 g/mol. The third kappa shape index (κ3) is 3.04. The Hall–Kier alpha value is -1.57. The Balaban J connectivity index is 1.73. The minimum Gasteiger partial charge on any atom is -0.378 e. The maximum Gasteiger partial charge on any atom is 0.162 e. The molecule has 0 radical (unpaired) electrons. The summed E-state index contributed by atoms with van der Waals surface area (Å²) < 4.78 is 0. The van der Waals surface area contributed by atoms with E-state index >= 15 is 0 Å². The molecule has 1 aromatic rings. The molecular formula is C19H25NO. The lowest BCUT2D eigenvalue weighted by atomic mass is 9.88. The Morgan fingerprint density at radius 1 is 1.05 bits per heavy atom. The molecule has 0 aliphatic heterocycles. The van der Waals surface area contributed by atoms with Crippen LogP contribution in [0.4, 0.5) is 5.69 Å². The van der Waals surface area contributed by atoms with E-state index in [4.69, 9.17) is 0 Å². The fourth-order valence-electron chi connectivity index (χ4n) is 3.83. The summed E-state index contributed by atoms with van der Waals surface area (Å²) in [5.74, 6) is 1.41. The molecule has 0 amide bonds. The van der Waals surface area contributed by atoms with Gasteiger partial charge < -0.3 is 4.90 Å². The normalized spacial score (nSPS) is 25.0. The highest BCUT2D eigenvalue weighted by Gasteiger charge is 2.36. The van der Waals surface area contributed by atoms with Crippen LogP contribution in [0, 0.1) is 11.8 Å². The molecule has 0 N–H and O–H groups in total. The summed E-state index contributed by atoms with van der Waals surface area (Å²) in [6, 6.07) is 8.44. The number of carbonyl (C=O) groups is 1. The molecule has 1 unspecified atom stereocenters. The average Bonchev–Trinajstić information content (AvgIpc) is 3.10. The van der Waals surface area contributed by atoms with E-state index in [1.165, 1.54) is 31.4 Å². The number of anilines is 1. The molecule has 2 saturated carbocycles. The Bertz CT molecular complexity index is 535. The third-order valence-electron chi connectivity index (χ3n) is 5.10.